The highest BCUT2D eigenvalue weighted by Gasteiger charge is 2.17. The summed E-state index contributed by atoms with van der Waals surface area (Å²) < 4.78 is 4.89. The van der Waals surface area contributed by atoms with Gasteiger partial charge in [-0.15, -0.1) is 0 Å². The first-order valence-electron chi connectivity index (χ1n) is 4.37. The summed E-state index contributed by atoms with van der Waals surface area (Å²) in [6.45, 7) is 1.35. The molecule has 0 saturated carbocycles. The predicted molar refractivity (Wildman–Crippen MR) is 53.7 cm³/mol. The standard InChI is InChI=1S/C11H11NO3/c1-7(13)9(6-12)8-3-4-10(14)11(5-8)15-2/h3-5,9,14H,1-2H3. The number of benzene rings is 1. The second kappa shape index (κ2) is 4.47. The van der Waals surface area contributed by atoms with E-state index in [-0.39, 0.29) is 17.3 Å². The van der Waals surface area contributed by atoms with Crippen LogP contribution in [0.2, 0.25) is 0 Å². The number of ketones is 1. The third-order valence-electron chi connectivity index (χ3n) is 2.07. The second-order valence-electron chi connectivity index (χ2n) is 3.10. The molecule has 0 radical (unpaired) electrons. The Bertz CT molecular complexity index is 420. The number of hydrogen-bond donors (Lipinski definition) is 1. The average molecular weight is 205 g/mol. The first kappa shape index (κ1) is 11.1. The molecule has 0 bridgehead atoms. The van der Waals surface area contributed by atoms with Crippen molar-refractivity contribution in [3.63, 3.8) is 0 Å². The van der Waals surface area contributed by atoms with Crippen molar-refractivity contribution in [2.75, 3.05) is 7.11 Å². The van der Waals surface area contributed by atoms with Gasteiger partial charge in [-0.25, -0.2) is 0 Å². The van der Waals surface area contributed by atoms with Crippen LogP contribution < -0.4 is 4.74 Å². The van der Waals surface area contributed by atoms with E-state index in [0.717, 1.165) is 0 Å². The average Bonchev–Trinajstić information content (AvgIpc) is 2.21. The van der Waals surface area contributed by atoms with Crippen LogP contribution in [0.25, 0.3) is 0 Å². The number of rotatable bonds is 3. The smallest absolute Gasteiger partial charge is 0.160 e. The number of aromatic hydroxyl groups is 1. The molecule has 0 aromatic heterocycles. The Hall–Kier alpha value is -2.02. The Morgan fingerprint density at radius 2 is 2.27 bits per heavy atom. The van der Waals surface area contributed by atoms with Gasteiger partial charge in [0.25, 0.3) is 0 Å². The highest BCUT2D eigenvalue weighted by Crippen LogP contribution is 2.29. The monoisotopic (exact) mass is 205 g/mol. The summed E-state index contributed by atoms with van der Waals surface area (Å²) >= 11 is 0. The zero-order chi connectivity index (χ0) is 11.4. The van der Waals surface area contributed by atoms with Gasteiger partial charge in [0.2, 0.25) is 0 Å². The van der Waals surface area contributed by atoms with Gasteiger partial charge < -0.3 is 9.84 Å². The molecule has 0 aliphatic rings. The fourth-order valence-electron chi connectivity index (χ4n) is 1.27. The number of methoxy groups -OCH3 is 1. The SMILES string of the molecule is COc1cc(C(C#N)C(C)=O)ccc1O. The minimum atomic E-state index is -0.806. The van der Waals surface area contributed by atoms with Crippen molar-refractivity contribution >= 4 is 5.78 Å². The fourth-order valence-corrected chi connectivity index (χ4v) is 1.27. The number of nitriles is 1. The molecule has 1 rings (SSSR count). The van der Waals surface area contributed by atoms with Crippen LogP contribution in [-0.2, 0) is 4.79 Å². The maximum atomic E-state index is 11.1. The molecule has 0 aliphatic heterocycles. The summed E-state index contributed by atoms with van der Waals surface area (Å²) in [5.74, 6) is -0.791. The topological polar surface area (TPSA) is 70.3 Å². The first-order chi connectivity index (χ1) is 7.10. The molecule has 1 unspecified atom stereocenters. The van der Waals surface area contributed by atoms with Gasteiger partial charge in [0.1, 0.15) is 5.92 Å². The Labute approximate surface area is 87.7 Å². The third kappa shape index (κ3) is 2.26. The van der Waals surface area contributed by atoms with E-state index < -0.39 is 5.92 Å². The third-order valence-corrected chi connectivity index (χ3v) is 2.07. The highest BCUT2D eigenvalue weighted by molar-refractivity contribution is 5.86. The van der Waals surface area contributed by atoms with Crippen molar-refractivity contribution in [2.24, 2.45) is 0 Å². The molecular formula is C11H11NO3. The maximum absolute atomic E-state index is 11.1. The summed E-state index contributed by atoms with van der Waals surface area (Å²) in [6.07, 6.45) is 0. The number of ether oxygens (including phenoxy) is 1. The van der Waals surface area contributed by atoms with Crippen LogP contribution in [0.15, 0.2) is 18.2 Å². The largest absolute Gasteiger partial charge is 0.504 e. The lowest BCUT2D eigenvalue weighted by atomic mass is 9.97. The quantitative estimate of drug-likeness (QED) is 0.813. The predicted octanol–water partition coefficient (Wildman–Crippen LogP) is 1.60. The summed E-state index contributed by atoms with van der Waals surface area (Å²) in [4.78, 5) is 11.1. The number of hydrogen-bond acceptors (Lipinski definition) is 4. The molecule has 78 valence electrons. The Balaban J connectivity index is 3.16. The molecule has 4 heteroatoms. The molecule has 0 saturated heterocycles. The van der Waals surface area contributed by atoms with Gasteiger partial charge in [-0.3, -0.25) is 4.79 Å². The van der Waals surface area contributed by atoms with Crippen LogP contribution in [0.4, 0.5) is 0 Å². The van der Waals surface area contributed by atoms with Gasteiger partial charge in [0, 0.05) is 0 Å². The zero-order valence-corrected chi connectivity index (χ0v) is 8.52. The van der Waals surface area contributed by atoms with Crippen molar-refractivity contribution in [3.05, 3.63) is 23.8 Å². The van der Waals surface area contributed by atoms with Crippen LogP contribution in [0, 0.1) is 11.3 Å². The number of phenols is 1. The minimum Gasteiger partial charge on any atom is -0.504 e. The van der Waals surface area contributed by atoms with E-state index in [9.17, 15) is 9.90 Å². The molecule has 0 spiro atoms. The Morgan fingerprint density at radius 1 is 1.60 bits per heavy atom. The van der Waals surface area contributed by atoms with E-state index in [4.69, 9.17) is 10.00 Å². The summed E-state index contributed by atoms with van der Waals surface area (Å²) in [5.41, 5.74) is 0.527. The lowest BCUT2D eigenvalue weighted by Gasteiger charge is -2.08. The molecule has 0 amide bonds. The van der Waals surface area contributed by atoms with Crippen LogP contribution in [0.5, 0.6) is 11.5 Å². The minimum absolute atomic E-state index is 0.0125. The number of carbonyl (C=O) groups excluding carboxylic acids is 1. The summed E-state index contributed by atoms with van der Waals surface area (Å²) in [7, 11) is 1.41. The molecule has 0 aliphatic carbocycles. The van der Waals surface area contributed by atoms with Gasteiger partial charge in [0.05, 0.1) is 13.2 Å². The van der Waals surface area contributed by atoms with Gasteiger partial charge in [-0.1, -0.05) is 6.07 Å². The van der Waals surface area contributed by atoms with Crippen LogP contribution >= 0.6 is 0 Å². The van der Waals surface area contributed by atoms with Gasteiger partial charge in [0.15, 0.2) is 17.3 Å². The Morgan fingerprint density at radius 3 is 2.73 bits per heavy atom. The van der Waals surface area contributed by atoms with E-state index in [1.165, 1.54) is 32.2 Å². The molecule has 1 N–H and O–H groups in total. The van der Waals surface area contributed by atoms with E-state index in [0.29, 0.717) is 5.56 Å². The van der Waals surface area contributed by atoms with Crippen LogP contribution in [-0.4, -0.2) is 18.0 Å². The van der Waals surface area contributed by atoms with Crippen molar-refractivity contribution < 1.29 is 14.6 Å². The molecular weight excluding hydrogens is 194 g/mol. The summed E-state index contributed by atoms with van der Waals surface area (Å²) in [6, 6.07) is 6.33. The van der Waals surface area contributed by atoms with E-state index >= 15 is 0 Å². The lowest BCUT2D eigenvalue weighted by molar-refractivity contribution is -0.117. The number of nitrogens with zero attached hydrogens (tertiary/aromatic N) is 1. The first-order valence-corrected chi connectivity index (χ1v) is 4.37. The number of Topliss-reactive ketones (excluding diaryl/α,β-unsaturated/α-hetero) is 1. The molecule has 0 heterocycles. The second-order valence-corrected chi connectivity index (χ2v) is 3.10. The molecule has 1 atom stereocenters. The number of carbonyl (C=O) groups is 1. The van der Waals surface area contributed by atoms with Crippen LogP contribution in [0.1, 0.15) is 18.4 Å². The van der Waals surface area contributed by atoms with Crippen molar-refractivity contribution in [3.8, 4) is 17.6 Å². The molecule has 1 aromatic rings. The fraction of sp³-hybridized carbons (Fsp3) is 0.273. The van der Waals surface area contributed by atoms with Gasteiger partial charge in [-0.2, -0.15) is 5.26 Å². The Kier molecular flexibility index (Phi) is 3.29. The normalized spacial score (nSPS) is 11.5. The van der Waals surface area contributed by atoms with Crippen molar-refractivity contribution in [1.82, 2.24) is 0 Å². The molecule has 0 fully saturated rings. The van der Waals surface area contributed by atoms with Crippen LogP contribution in [0.3, 0.4) is 0 Å². The number of phenolic OH excluding ortho intramolecular Hbond substituents is 1. The van der Waals surface area contributed by atoms with Gasteiger partial charge in [-0.05, 0) is 24.6 Å². The molecule has 1 aromatic carbocycles. The van der Waals surface area contributed by atoms with E-state index in [1.807, 2.05) is 6.07 Å². The lowest BCUT2D eigenvalue weighted by Crippen LogP contribution is -2.06. The van der Waals surface area contributed by atoms with Crippen molar-refractivity contribution in [2.45, 2.75) is 12.8 Å². The zero-order valence-electron chi connectivity index (χ0n) is 8.52. The maximum Gasteiger partial charge on any atom is 0.160 e. The molecule has 15 heavy (non-hydrogen) atoms. The summed E-state index contributed by atoms with van der Waals surface area (Å²) in [5, 5.41) is 18.1. The van der Waals surface area contributed by atoms with E-state index in [1.54, 1.807) is 0 Å². The van der Waals surface area contributed by atoms with Crippen molar-refractivity contribution in [1.29, 1.82) is 5.26 Å². The molecule has 4 nitrogen and oxygen atoms in total. The van der Waals surface area contributed by atoms with Gasteiger partial charge >= 0.3 is 0 Å². The van der Waals surface area contributed by atoms with E-state index in [2.05, 4.69) is 0 Å². The highest BCUT2D eigenvalue weighted by atomic mass is 16.5.